The van der Waals surface area contributed by atoms with Crippen LogP contribution in [0.3, 0.4) is 0 Å². The molecule has 2 aliphatic heterocycles. The molecule has 346 valence electrons. The predicted molar refractivity (Wildman–Crippen MR) is 228 cm³/mol. The summed E-state index contributed by atoms with van der Waals surface area (Å²) < 4.78 is 92.6. The fraction of sp³-hybridized carbons (Fsp3) is 0.511. The number of allylic oxidation sites excluding steroid dienone is 1. The van der Waals surface area contributed by atoms with Crippen molar-refractivity contribution in [3.05, 3.63) is 60.2 Å². The molecule has 2 aromatic carbocycles. The lowest BCUT2D eigenvalue weighted by Gasteiger charge is -2.30. The number of alkyl carbamates (subject to hydrolysis) is 1. The number of alkyl halides is 3. The average molecular weight is 923 g/mol. The zero-order valence-corrected chi connectivity index (χ0v) is 36.3. The standard InChI is InChI=1S/C45H49F3N6O10S/c1-61-29-17-20-32-35(22-29)64-37-36(32)50-38(25-13-15-26(16-14-25)45(46,47)48)51-40(37)62-30-21-34-39(55)52-44(42(57)53-65(59,60)31-18-19-31)23-27(44)9-5-3-2-4-6-12-33(41(56)54(34)24-30)49-43(58)63-28-10-7-8-11-28/h5,9,13-17,20,22,27-28,30-31,33-34H,2-4,6-8,10-12,18-19,21,23-24H2,1H3,(H,49,58)(H,52,55)(H,53,57)/b9-5-/t27-,30-,33+,34+,44-/m1/s1. The Morgan fingerprint density at radius 1 is 0.954 bits per heavy atom. The molecule has 0 bridgehead atoms. The zero-order chi connectivity index (χ0) is 45.7. The van der Waals surface area contributed by atoms with Gasteiger partial charge in [0, 0.05) is 29.4 Å². The van der Waals surface area contributed by atoms with Crippen molar-refractivity contribution < 1.29 is 59.4 Å². The minimum absolute atomic E-state index is 0.00776. The van der Waals surface area contributed by atoms with E-state index in [1.165, 1.54) is 24.1 Å². The number of nitrogens with zero attached hydrogens (tertiary/aromatic N) is 3. The van der Waals surface area contributed by atoms with Crippen LogP contribution in [0.4, 0.5) is 18.0 Å². The van der Waals surface area contributed by atoms with Crippen molar-refractivity contribution in [1.82, 2.24) is 30.2 Å². The Morgan fingerprint density at radius 3 is 2.43 bits per heavy atom. The smallest absolute Gasteiger partial charge is 0.416 e. The minimum atomic E-state index is -4.58. The summed E-state index contributed by atoms with van der Waals surface area (Å²) in [5.74, 6) is -2.36. The number of ether oxygens (including phenoxy) is 3. The van der Waals surface area contributed by atoms with E-state index in [-0.39, 0.29) is 60.3 Å². The van der Waals surface area contributed by atoms with Crippen molar-refractivity contribution in [1.29, 1.82) is 0 Å². The summed E-state index contributed by atoms with van der Waals surface area (Å²) >= 11 is 0. The number of hydrogen-bond donors (Lipinski definition) is 3. The quantitative estimate of drug-likeness (QED) is 0.155. The molecule has 4 fully saturated rings. The van der Waals surface area contributed by atoms with Crippen LogP contribution in [0.1, 0.15) is 89.0 Å². The largest absolute Gasteiger partial charge is 0.497 e. The van der Waals surface area contributed by atoms with Gasteiger partial charge in [0.05, 0.1) is 24.5 Å². The number of methoxy groups -OCH3 is 1. The summed E-state index contributed by atoms with van der Waals surface area (Å²) in [4.78, 5) is 67.2. The van der Waals surface area contributed by atoms with Crippen LogP contribution in [0, 0.1) is 5.92 Å². The maximum absolute atomic E-state index is 14.8. The Morgan fingerprint density at radius 2 is 1.71 bits per heavy atom. The molecule has 20 heteroatoms. The first-order valence-electron chi connectivity index (χ1n) is 22.1. The highest BCUT2D eigenvalue weighted by atomic mass is 32.2. The van der Waals surface area contributed by atoms with Crippen molar-refractivity contribution in [3.8, 4) is 23.0 Å². The second-order valence-electron chi connectivity index (χ2n) is 17.6. The maximum Gasteiger partial charge on any atom is 0.416 e. The number of carbonyl (C=O) groups excluding carboxylic acids is 4. The van der Waals surface area contributed by atoms with E-state index >= 15 is 0 Å². The molecule has 16 nitrogen and oxygen atoms in total. The van der Waals surface area contributed by atoms with Crippen LogP contribution in [-0.2, 0) is 35.3 Å². The van der Waals surface area contributed by atoms with Gasteiger partial charge in [-0.05, 0) is 88.5 Å². The molecular formula is C45H49F3N6O10S. The number of nitrogens with one attached hydrogen (secondary N) is 3. The minimum Gasteiger partial charge on any atom is -0.497 e. The molecule has 5 aliphatic rings. The van der Waals surface area contributed by atoms with Crippen LogP contribution >= 0.6 is 0 Å². The molecule has 4 aromatic rings. The zero-order valence-electron chi connectivity index (χ0n) is 35.5. The molecule has 0 spiro atoms. The number of halogens is 3. The lowest BCUT2D eigenvalue weighted by molar-refractivity contribution is -0.141. The van der Waals surface area contributed by atoms with Gasteiger partial charge in [0.2, 0.25) is 27.4 Å². The van der Waals surface area contributed by atoms with Gasteiger partial charge < -0.3 is 34.2 Å². The lowest BCUT2D eigenvalue weighted by atomic mass is 10.0. The number of aromatic nitrogens is 2. The number of sulfonamides is 1. The van der Waals surface area contributed by atoms with E-state index in [4.69, 9.17) is 18.6 Å². The summed E-state index contributed by atoms with van der Waals surface area (Å²) in [5, 5.41) is 5.43. The number of carbonyl (C=O) groups is 4. The Labute approximate surface area is 372 Å². The normalized spacial score (nSPS) is 26.1. The van der Waals surface area contributed by atoms with Crippen LogP contribution in [0.15, 0.2) is 59.0 Å². The molecule has 2 aromatic heterocycles. The van der Waals surface area contributed by atoms with Crippen molar-refractivity contribution >= 4 is 55.9 Å². The molecule has 5 atom stereocenters. The van der Waals surface area contributed by atoms with Crippen molar-refractivity contribution in [2.75, 3.05) is 13.7 Å². The molecule has 4 heterocycles. The highest BCUT2D eigenvalue weighted by Crippen LogP contribution is 2.46. The molecule has 0 radical (unpaired) electrons. The number of amides is 4. The van der Waals surface area contributed by atoms with Gasteiger partial charge in [-0.3, -0.25) is 19.1 Å². The van der Waals surface area contributed by atoms with E-state index in [0.717, 1.165) is 31.4 Å². The fourth-order valence-corrected chi connectivity index (χ4v) is 10.4. The Hall–Kier alpha value is -5.92. The summed E-state index contributed by atoms with van der Waals surface area (Å²) in [5.41, 5.74) is -1.55. The number of hydrogen-bond acceptors (Lipinski definition) is 12. The van der Waals surface area contributed by atoms with E-state index in [1.807, 2.05) is 12.2 Å². The third-order valence-corrected chi connectivity index (χ3v) is 14.8. The number of rotatable bonds is 9. The van der Waals surface area contributed by atoms with Gasteiger partial charge in [0.15, 0.2) is 5.82 Å². The second-order valence-corrected chi connectivity index (χ2v) is 19.5. The third-order valence-electron chi connectivity index (χ3n) is 12.9. The predicted octanol–water partition coefficient (Wildman–Crippen LogP) is 6.46. The van der Waals surface area contributed by atoms with E-state index in [9.17, 15) is 40.8 Å². The van der Waals surface area contributed by atoms with Gasteiger partial charge in [-0.25, -0.2) is 18.2 Å². The monoisotopic (exact) mass is 922 g/mol. The van der Waals surface area contributed by atoms with Crippen LogP contribution < -0.4 is 24.8 Å². The van der Waals surface area contributed by atoms with Gasteiger partial charge in [-0.1, -0.05) is 37.1 Å². The highest BCUT2D eigenvalue weighted by molar-refractivity contribution is 7.91. The van der Waals surface area contributed by atoms with E-state index < -0.39 is 80.5 Å². The average Bonchev–Trinajstić information content (AvgIpc) is 4.09. The summed E-state index contributed by atoms with van der Waals surface area (Å²) in [7, 11) is -2.50. The van der Waals surface area contributed by atoms with Crippen molar-refractivity contribution in [3.63, 3.8) is 0 Å². The van der Waals surface area contributed by atoms with E-state index in [1.54, 1.807) is 18.2 Å². The maximum atomic E-state index is 14.8. The summed E-state index contributed by atoms with van der Waals surface area (Å²) in [6.07, 6.45) is 4.05. The Kier molecular flexibility index (Phi) is 11.9. The number of furan rings is 1. The van der Waals surface area contributed by atoms with Crippen LogP contribution in [0.25, 0.3) is 33.5 Å². The first kappa shape index (κ1) is 44.3. The lowest BCUT2D eigenvalue weighted by Crippen LogP contribution is -2.58. The molecule has 4 amide bonds. The molecule has 3 N–H and O–H groups in total. The molecular weight excluding hydrogens is 874 g/mol. The highest BCUT2D eigenvalue weighted by Gasteiger charge is 2.62. The van der Waals surface area contributed by atoms with Gasteiger partial charge in [0.25, 0.3) is 11.8 Å². The van der Waals surface area contributed by atoms with E-state index in [2.05, 4.69) is 25.3 Å². The van der Waals surface area contributed by atoms with Crippen LogP contribution in [-0.4, -0.2) is 95.8 Å². The Balaban J connectivity index is 1.07. The molecule has 1 saturated heterocycles. The summed E-state index contributed by atoms with van der Waals surface area (Å²) in [6.45, 7) is -0.208. The SMILES string of the molecule is COc1ccc2c(c1)oc1c(O[C@@H]3C[C@H]4C(=O)N[C@]5(C(=O)NS(=O)(=O)C6CC6)C[C@H]5/C=C\CCCCC[C@H](NC(=O)OC5CCCC5)C(=O)N4C3)nc(-c3ccc(C(F)(F)F)cc3)nc12. The summed E-state index contributed by atoms with van der Waals surface area (Å²) in [6, 6.07) is 6.94. The topological polar surface area (TPSA) is 208 Å². The van der Waals surface area contributed by atoms with Gasteiger partial charge in [-0.15, -0.1) is 0 Å². The first-order chi connectivity index (χ1) is 31.1. The first-order valence-corrected chi connectivity index (χ1v) is 23.6. The number of fused-ring (bicyclic) bond motifs is 5. The van der Waals surface area contributed by atoms with Crippen molar-refractivity contribution in [2.24, 2.45) is 5.92 Å². The fourth-order valence-electron chi connectivity index (χ4n) is 9.08. The molecule has 3 saturated carbocycles. The molecule has 0 unspecified atom stereocenters. The third kappa shape index (κ3) is 9.31. The van der Waals surface area contributed by atoms with E-state index in [0.29, 0.717) is 61.7 Å². The second kappa shape index (κ2) is 17.5. The van der Waals surface area contributed by atoms with Gasteiger partial charge in [0.1, 0.15) is 46.7 Å². The molecule has 65 heavy (non-hydrogen) atoms. The number of benzene rings is 2. The van der Waals surface area contributed by atoms with Crippen LogP contribution in [0.5, 0.6) is 11.6 Å². The van der Waals surface area contributed by atoms with Crippen molar-refractivity contribution in [2.45, 2.75) is 125 Å². The molecule has 3 aliphatic carbocycles. The Bertz CT molecular complexity index is 2650. The van der Waals surface area contributed by atoms with Crippen LogP contribution in [0.2, 0.25) is 0 Å². The molecule has 9 rings (SSSR count). The van der Waals surface area contributed by atoms with Gasteiger partial charge in [-0.2, -0.15) is 18.2 Å². The van der Waals surface area contributed by atoms with Gasteiger partial charge >= 0.3 is 12.3 Å².